The Labute approximate surface area is 110 Å². The number of hydrogen-bond donors (Lipinski definition) is 1. The maximum Gasteiger partial charge on any atom is 0.199 e. The maximum absolute atomic E-state index is 5.35. The molecule has 0 bridgehead atoms. The van der Waals surface area contributed by atoms with Gasteiger partial charge in [-0.1, -0.05) is 0 Å². The summed E-state index contributed by atoms with van der Waals surface area (Å²) >= 11 is 5.14. The van der Waals surface area contributed by atoms with Gasteiger partial charge in [0.25, 0.3) is 0 Å². The molecule has 0 saturated carbocycles. The minimum atomic E-state index is 0.606. The third kappa shape index (κ3) is 2.16. The van der Waals surface area contributed by atoms with Crippen molar-refractivity contribution in [3.05, 3.63) is 35.4 Å². The van der Waals surface area contributed by atoms with Crippen LogP contribution in [0.2, 0.25) is 0 Å². The fourth-order valence-corrected chi connectivity index (χ4v) is 2.28. The molecular formula is C12H14N4OS. The van der Waals surface area contributed by atoms with Gasteiger partial charge in [-0.2, -0.15) is 5.10 Å². The molecule has 94 valence electrons. The lowest BCUT2D eigenvalue weighted by Crippen LogP contribution is -2.36. The molecule has 5 nitrogen and oxygen atoms in total. The molecule has 0 radical (unpaired) electrons. The van der Waals surface area contributed by atoms with E-state index in [2.05, 4.69) is 39.4 Å². The van der Waals surface area contributed by atoms with E-state index in [1.165, 1.54) is 5.69 Å². The number of rotatable bonds is 2. The average molecular weight is 262 g/mol. The number of nitrogens with one attached hydrogen (secondary N) is 1. The lowest BCUT2D eigenvalue weighted by Gasteiger charge is -2.28. The van der Waals surface area contributed by atoms with Gasteiger partial charge in [-0.05, 0) is 36.5 Å². The Balaban J connectivity index is 1.85. The predicted molar refractivity (Wildman–Crippen MR) is 71.8 cm³/mol. The monoisotopic (exact) mass is 262 g/mol. The molecule has 1 aromatic carbocycles. The number of aromatic nitrogens is 3. The lowest BCUT2D eigenvalue weighted by atomic mass is 10.2. The third-order valence-electron chi connectivity index (χ3n) is 3.06. The van der Waals surface area contributed by atoms with E-state index in [4.69, 9.17) is 17.0 Å². The number of benzene rings is 1. The van der Waals surface area contributed by atoms with Crippen LogP contribution in [0.4, 0.5) is 5.69 Å². The maximum atomic E-state index is 5.35. The van der Waals surface area contributed by atoms with E-state index < -0.39 is 0 Å². The fourth-order valence-electron chi connectivity index (χ4n) is 2.08. The number of morpholine rings is 1. The smallest absolute Gasteiger partial charge is 0.199 e. The highest BCUT2D eigenvalue weighted by atomic mass is 32.1. The molecule has 0 spiro atoms. The second kappa shape index (κ2) is 4.91. The Bertz CT molecular complexity index is 568. The van der Waals surface area contributed by atoms with Crippen LogP contribution in [-0.4, -0.2) is 41.1 Å². The molecule has 0 aliphatic carbocycles. The minimum absolute atomic E-state index is 0.606. The predicted octanol–water partition coefficient (Wildman–Crippen LogP) is 1.77. The van der Waals surface area contributed by atoms with E-state index in [0.29, 0.717) is 4.77 Å². The summed E-state index contributed by atoms with van der Waals surface area (Å²) in [6, 6.07) is 8.32. The molecule has 2 aromatic rings. The Morgan fingerprint density at radius 2 is 1.78 bits per heavy atom. The number of ether oxygens (including phenoxy) is 1. The SMILES string of the molecule is S=c1[nH]ncn1-c1ccc(N2CCOCC2)cc1. The Morgan fingerprint density at radius 1 is 1.11 bits per heavy atom. The van der Waals surface area contributed by atoms with Crippen LogP contribution in [0.5, 0.6) is 0 Å². The van der Waals surface area contributed by atoms with Crippen molar-refractivity contribution in [2.24, 2.45) is 0 Å². The Kier molecular flexibility index (Phi) is 3.12. The van der Waals surface area contributed by atoms with Crippen molar-refractivity contribution in [2.75, 3.05) is 31.2 Å². The topological polar surface area (TPSA) is 46.1 Å². The van der Waals surface area contributed by atoms with Crippen molar-refractivity contribution >= 4 is 17.9 Å². The van der Waals surface area contributed by atoms with Crippen molar-refractivity contribution in [3.63, 3.8) is 0 Å². The van der Waals surface area contributed by atoms with E-state index in [0.717, 1.165) is 32.0 Å². The van der Waals surface area contributed by atoms with Gasteiger partial charge in [0.2, 0.25) is 0 Å². The highest BCUT2D eigenvalue weighted by molar-refractivity contribution is 7.71. The van der Waals surface area contributed by atoms with Gasteiger partial charge in [0.15, 0.2) is 4.77 Å². The number of hydrogen-bond acceptors (Lipinski definition) is 4. The molecule has 1 fully saturated rings. The van der Waals surface area contributed by atoms with E-state index in [1.807, 2.05) is 4.57 Å². The molecule has 18 heavy (non-hydrogen) atoms. The van der Waals surface area contributed by atoms with Crippen molar-refractivity contribution in [3.8, 4) is 5.69 Å². The highest BCUT2D eigenvalue weighted by Gasteiger charge is 2.10. The number of H-pyrrole nitrogens is 1. The van der Waals surface area contributed by atoms with Gasteiger partial charge in [-0.25, -0.2) is 0 Å². The van der Waals surface area contributed by atoms with Crippen molar-refractivity contribution in [1.29, 1.82) is 0 Å². The second-order valence-corrected chi connectivity index (χ2v) is 4.53. The van der Waals surface area contributed by atoms with Gasteiger partial charge in [-0.15, -0.1) is 0 Å². The summed E-state index contributed by atoms with van der Waals surface area (Å²) in [6.45, 7) is 3.50. The first-order valence-corrected chi connectivity index (χ1v) is 6.30. The van der Waals surface area contributed by atoms with Gasteiger partial charge < -0.3 is 9.64 Å². The number of anilines is 1. The number of nitrogens with zero attached hydrogens (tertiary/aromatic N) is 3. The standard InChI is InChI=1S/C12H14N4OS/c18-12-14-13-9-16(12)11-3-1-10(2-4-11)15-5-7-17-8-6-15/h1-4,9H,5-8H2,(H,14,18). The van der Waals surface area contributed by atoms with Gasteiger partial charge >= 0.3 is 0 Å². The van der Waals surface area contributed by atoms with Crippen molar-refractivity contribution in [2.45, 2.75) is 0 Å². The van der Waals surface area contributed by atoms with E-state index in [-0.39, 0.29) is 0 Å². The molecule has 2 heterocycles. The van der Waals surface area contributed by atoms with Gasteiger partial charge in [0.05, 0.1) is 13.2 Å². The zero-order chi connectivity index (χ0) is 12.4. The molecule has 1 aliphatic rings. The molecule has 0 amide bonds. The summed E-state index contributed by atoms with van der Waals surface area (Å²) in [4.78, 5) is 2.32. The lowest BCUT2D eigenvalue weighted by molar-refractivity contribution is 0.122. The summed E-state index contributed by atoms with van der Waals surface area (Å²) < 4.78 is 7.80. The third-order valence-corrected chi connectivity index (χ3v) is 3.34. The van der Waals surface area contributed by atoms with Crippen LogP contribution in [0.15, 0.2) is 30.6 Å². The summed E-state index contributed by atoms with van der Waals surface area (Å²) in [6.07, 6.45) is 1.69. The van der Waals surface area contributed by atoms with Crippen LogP contribution in [-0.2, 0) is 4.74 Å². The molecule has 1 saturated heterocycles. The Morgan fingerprint density at radius 3 is 2.39 bits per heavy atom. The first-order chi connectivity index (χ1) is 8.84. The van der Waals surface area contributed by atoms with Gasteiger partial charge in [-0.3, -0.25) is 9.67 Å². The summed E-state index contributed by atoms with van der Waals surface area (Å²) in [5, 5.41) is 6.66. The van der Waals surface area contributed by atoms with E-state index in [1.54, 1.807) is 6.33 Å². The van der Waals surface area contributed by atoms with Crippen LogP contribution >= 0.6 is 12.2 Å². The molecule has 0 atom stereocenters. The first-order valence-electron chi connectivity index (χ1n) is 5.90. The molecular weight excluding hydrogens is 248 g/mol. The first kappa shape index (κ1) is 11.4. The summed E-state index contributed by atoms with van der Waals surface area (Å²) in [5.74, 6) is 0. The molecule has 0 unspecified atom stereocenters. The molecule has 1 N–H and O–H groups in total. The van der Waals surface area contributed by atoms with Crippen LogP contribution in [0.25, 0.3) is 5.69 Å². The highest BCUT2D eigenvalue weighted by Crippen LogP contribution is 2.18. The second-order valence-electron chi connectivity index (χ2n) is 4.15. The fraction of sp³-hybridized carbons (Fsp3) is 0.333. The average Bonchev–Trinajstić information content (AvgIpc) is 2.86. The minimum Gasteiger partial charge on any atom is -0.378 e. The van der Waals surface area contributed by atoms with Crippen LogP contribution in [0.1, 0.15) is 0 Å². The molecule has 1 aliphatic heterocycles. The quantitative estimate of drug-likeness (QED) is 0.838. The normalized spacial score (nSPS) is 15.9. The molecule has 6 heteroatoms. The number of aromatic amines is 1. The van der Waals surface area contributed by atoms with Crippen LogP contribution < -0.4 is 4.90 Å². The largest absolute Gasteiger partial charge is 0.378 e. The van der Waals surface area contributed by atoms with Crippen molar-refractivity contribution < 1.29 is 4.74 Å². The molecule has 1 aromatic heterocycles. The summed E-state index contributed by atoms with van der Waals surface area (Å²) in [5.41, 5.74) is 2.24. The van der Waals surface area contributed by atoms with Crippen molar-refractivity contribution in [1.82, 2.24) is 14.8 Å². The molecule has 3 rings (SSSR count). The van der Waals surface area contributed by atoms with Crippen LogP contribution in [0.3, 0.4) is 0 Å². The van der Waals surface area contributed by atoms with Gasteiger partial charge in [0.1, 0.15) is 6.33 Å². The Hall–Kier alpha value is -1.66. The zero-order valence-electron chi connectivity index (χ0n) is 9.87. The summed E-state index contributed by atoms with van der Waals surface area (Å²) in [7, 11) is 0. The zero-order valence-corrected chi connectivity index (χ0v) is 10.7. The van der Waals surface area contributed by atoms with E-state index >= 15 is 0 Å². The van der Waals surface area contributed by atoms with Crippen LogP contribution in [0, 0.1) is 4.77 Å². The van der Waals surface area contributed by atoms with E-state index in [9.17, 15) is 0 Å². The van der Waals surface area contributed by atoms with Gasteiger partial charge in [0, 0.05) is 24.5 Å².